The van der Waals surface area contributed by atoms with Crippen molar-refractivity contribution in [2.24, 2.45) is 0 Å². The van der Waals surface area contributed by atoms with E-state index in [1.165, 1.54) is 49.2 Å². The molecule has 1 saturated heterocycles. The zero-order chi connectivity index (χ0) is 17.4. The molecule has 0 radical (unpaired) electrons. The first-order valence-corrected chi connectivity index (χ1v) is 9.02. The number of likely N-dealkylation sites (N-methyl/N-ethyl adjacent to an activating group) is 1. The van der Waals surface area contributed by atoms with Crippen LogP contribution in [0, 0.1) is 0 Å². The molecule has 0 bridgehead atoms. The van der Waals surface area contributed by atoms with Crippen molar-refractivity contribution in [2.45, 2.75) is 51.8 Å². The number of nitrogens with zero attached hydrogens (tertiary/aromatic N) is 2. The van der Waals surface area contributed by atoms with Crippen LogP contribution in [0.4, 0.5) is 4.79 Å². The molecule has 5 heteroatoms. The summed E-state index contributed by atoms with van der Waals surface area (Å²) in [5.74, 6) is 0. The van der Waals surface area contributed by atoms with E-state index in [2.05, 4.69) is 28.4 Å². The summed E-state index contributed by atoms with van der Waals surface area (Å²) < 4.78 is 0. The second-order valence-electron chi connectivity index (χ2n) is 6.90. The number of aliphatic hydroxyl groups is 1. The Hall–Kier alpha value is -1.59. The van der Waals surface area contributed by atoms with Crippen LogP contribution in [-0.4, -0.2) is 53.7 Å². The number of aliphatic hydroxyl groups excluding tert-OH is 1. The van der Waals surface area contributed by atoms with E-state index >= 15 is 0 Å². The Balaban J connectivity index is 1.84. The molecule has 1 unspecified atom stereocenters. The maximum Gasteiger partial charge on any atom is 0.317 e. The van der Waals surface area contributed by atoms with Gasteiger partial charge in [-0.05, 0) is 44.0 Å². The van der Waals surface area contributed by atoms with E-state index in [0.29, 0.717) is 13.1 Å². The first-order valence-electron chi connectivity index (χ1n) is 9.02. The van der Waals surface area contributed by atoms with Gasteiger partial charge in [-0.3, -0.25) is 4.90 Å². The van der Waals surface area contributed by atoms with Crippen LogP contribution in [0.2, 0.25) is 0 Å². The molecule has 2 N–H and O–H groups in total. The standard InChI is InChI=1S/C19H31N3O2/c1-16(23)14-21(2)19(24)20-13-17-8-7-9-18(12-17)15-22-10-5-3-4-6-11-22/h7-9,12,16,23H,3-6,10-11,13-15H2,1-2H3,(H,20,24). The molecule has 134 valence electrons. The summed E-state index contributed by atoms with van der Waals surface area (Å²) >= 11 is 0. The fraction of sp³-hybridized carbons (Fsp3) is 0.632. The highest BCUT2D eigenvalue weighted by molar-refractivity contribution is 5.73. The van der Waals surface area contributed by atoms with Crippen molar-refractivity contribution < 1.29 is 9.90 Å². The average Bonchev–Trinajstić information content (AvgIpc) is 2.81. The lowest BCUT2D eigenvalue weighted by Gasteiger charge is -2.21. The summed E-state index contributed by atoms with van der Waals surface area (Å²) in [7, 11) is 1.69. The first kappa shape index (κ1) is 18.7. The quantitative estimate of drug-likeness (QED) is 0.841. The number of carbonyl (C=O) groups excluding carboxylic acids is 1. The van der Waals surface area contributed by atoms with E-state index in [4.69, 9.17) is 0 Å². The van der Waals surface area contributed by atoms with Gasteiger partial charge in [0.2, 0.25) is 0 Å². The summed E-state index contributed by atoms with van der Waals surface area (Å²) in [5, 5.41) is 12.2. The molecule has 1 aliphatic heterocycles. The van der Waals surface area contributed by atoms with Gasteiger partial charge in [0.1, 0.15) is 0 Å². The molecule has 5 nitrogen and oxygen atoms in total. The van der Waals surface area contributed by atoms with Gasteiger partial charge >= 0.3 is 6.03 Å². The third kappa shape index (κ3) is 6.49. The van der Waals surface area contributed by atoms with Crippen LogP contribution >= 0.6 is 0 Å². The van der Waals surface area contributed by atoms with Gasteiger partial charge in [-0.25, -0.2) is 4.79 Å². The van der Waals surface area contributed by atoms with Crippen molar-refractivity contribution in [3.8, 4) is 0 Å². The maximum absolute atomic E-state index is 12.0. The van der Waals surface area contributed by atoms with Crippen LogP contribution < -0.4 is 5.32 Å². The SMILES string of the molecule is CC(O)CN(C)C(=O)NCc1cccc(CN2CCCCCC2)c1. The Labute approximate surface area is 145 Å². The molecule has 1 fully saturated rings. The molecule has 24 heavy (non-hydrogen) atoms. The number of amides is 2. The lowest BCUT2D eigenvalue weighted by Crippen LogP contribution is -2.40. The van der Waals surface area contributed by atoms with Crippen molar-refractivity contribution in [3.63, 3.8) is 0 Å². The van der Waals surface area contributed by atoms with Crippen LogP contribution in [-0.2, 0) is 13.1 Å². The molecule has 2 amide bonds. The Kier molecular flexibility index (Phi) is 7.53. The van der Waals surface area contributed by atoms with Crippen LogP contribution in [0.5, 0.6) is 0 Å². The minimum absolute atomic E-state index is 0.158. The average molecular weight is 333 g/mol. The molecule has 0 aliphatic carbocycles. The van der Waals surface area contributed by atoms with Crippen molar-refractivity contribution in [1.82, 2.24) is 15.1 Å². The van der Waals surface area contributed by atoms with E-state index in [-0.39, 0.29) is 6.03 Å². The fourth-order valence-electron chi connectivity index (χ4n) is 3.18. The van der Waals surface area contributed by atoms with Gasteiger partial charge in [-0.1, -0.05) is 37.1 Å². The Morgan fingerprint density at radius 3 is 2.58 bits per heavy atom. The van der Waals surface area contributed by atoms with Gasteiger partial charge in [-0.15, -0.1) is 0 Å². The van der Waals surface area contributed by atoms with Crippen LogP contribution in [0.3, 0.4) is 0 Å². The van der Waals surface area contributed by atoms with Gasteiger partial charge in [0, 0.05) is 26.7 Å². The normalized spacial score (nSPS) is 17.1. The molecule has 1 aromatic rings. The molecule has 2 rings (SSSR count). The molecule has 0 aromatic heterocycles. The number of carbonyl (C=O) groups is 1. The van der Waals surface area contributed by atoms with E-state index in [9.17, 15) is 9.90 Å². The van der Waals surface area contributed by atoms with Crippen molar-refractivity contribution in [1.29, 1.82) is 0 Å². The molecule has 0 spiro atoms. The molecular formula is C19H31N3O2. The molecule has 1 atom stereocenters. The predicted molar refractivity (Wildman–Crippen MR) is 96.7 cm³/mol. The number of nitrogens with one attached hydrogen (secondary N) is 1. The lowest BCUT2D eigenvalue weighted by molar-refractivity contribution is 0.143. The molecule has 0 saturated carbocycles. The Morgan fingerprint density at radius 1 is 1.25 bits per heavy atom. The smallest absolute Gasteiger partial charge is 0.317 e. The highest BCUT2D eigenvalue weighted by atomic mass is 16.3. The van der Waals surface area contributed by atoms with Crippen LogP contribution in [0.15, 0.2) is 24.3 Å². The zero-order valence-electron chi connectivity index (χ0n) is 15.0. The molecular weight excluding hydrogens is 302 g/mol. The third-order valence-electron chi connectivity index (χ3n) is 4.42. The summed E-state index contributed by atoms with van der Waals surface area (Å²) in [5.41, 5.74) is 2.42. The topological polar surface area (TPSA) is 55.8 Å². The van der Waals surface area contributed by atoms with Crippen LogP contribution in [0.1, 0.15) is 43.7 Å². The second-order valence-corrected chi connectivity index (χ2v) is 6.90. The van der Waals surface area contributed by atoms with Gasteiger partial charge in [0.15, 0.2) is 0 Å². The predicted octanol–water partition coefficient (Wildman–Crippen LogP) is 2.58. The summed E-state index contributed by atoms with van der Waals surface area (Å²) in [6, 6.07) is 8.29. The summed E-state index contributed by atoms with van der Waals surface area (Å²) in [4.78, 5) is 16.0. The lowest BCUT2D eigenvalue weighted by atomic mass is 10.1. The summed E-state index contributed by atoms with van der Waals surface area (Å²) in [6.07, 6.45) is 4.78. The molecule has 1 aromatic carbocycles. The minimum atomic E-state index is -0.516. The monoisotopic (exact) mass is 333 g/mol. The number of rotatable bonds is 6. The van der Waals surface area contributed by atoms with Gasteiger partial charge in [0.05, 0.1) is 6.10 Å². The number of likely N-dealkylation sites (tertiary alicyclic amines) is 1. The number of benzene rings is 1. The van der Waals surface area contributed by atoms with Crippen molar-refractivity contribution >= 4 is 6.03 Å². The van der Waals surface area contributed by atoms with Crippen molar-refractivity contribution in [2.75, 3.05) is 26.7 Å². The Morgan fingerprint density at radius 2 is 1.92 bits per heavy atom. The van der Waals surface area contributed by atoms with Crippen molar-refractivity contribution in [3.05, 3.63) is 35.4 Å². The first-order chi connectivity index (χ1) is 11.5. The number of hydrogen-bond acceptors (Lipinski definition) is 3. The van der Waals surface area contributed by atoms with E-state index in [1.54, 1.807) is 14.0 Å². The highest BCUT2D eigenvalue weighted by Gasteiger charge is 2.11. The molecule has 1 heterocycles. The van der Waals surface area contributed by atoms with Crippen LogP contribution in [0.25, 0.3) is 0 Å². The fourth-order valence-corrected chi connectivity index (χ4v) is 3.18. The van der Waals surface area contributed by atoms with Gasteiger partial charge < -0.3 is 15.3 Å². The second kappa shape index (κ2) is 9.64. The maximum atomic E-state index is 12.0. The van der Waals surface area contributed by atoms with E-state index < -0.39 is 6.10 Å². The largest absolute Gasteiger partial charge is 0.392 e. The van der Waals surface area contributed by atoms with E-state index in [1.807, 2.05) is 6.07 Å². The molecule has 1 aliphatic rings. The third-order valence-corrected chi connectivity index (χ3v) is 4.42. The number of hydrogen-bond donors (Lipinski definition) is 2. The van der Waals surface area contributed by atoms with E-state index in [0.717, 1.165) is 12.1 Å². The zero-order valence-corrected chi connectivity index (χ0v) is 15.0. The summed E-state index contributed by atoms with van der Waals surface area (Å²) in [6.45, 7) is 5.88. The Bertz CT molecular complexity index is 511. The minimum Gasteiger partial charge on any atom is -0.392 e. The van der Waals surface area contributed by atoms with Gasteiger partial charge in [0.25, 0.3) is 0 Å². The van der Waals surface area contributed by atoms with Gasteiger partial charge in [-0.2, -0.15) is 0 Å². The highest BCUT2D eigenvalue weighted by Crippen LogP contribution is 2.14. The number of urea groups is 1.